The Bertz CT molecular complexity index is 427. The molecule has 0 heterocycles. The second kappa shape index (κ2) is 8.41. The van der Waals surface area contributed by atoms with E-state index in [2.05, 4.69) is 19.2 Å². The largest absolute Gasteiger partial charge is 0.310 e. The third-order valence-electron chi connectivity index (χ3n) is 4.85. The third-order valence-corrected chi connectivity index (χ3v) is 5.50. The van der Waals surface area contributed by atoms with Crippen molar-refractivity contribution in [2.24, 2.45) is 11.8 Å². The molecule has 118 valence electrons. The van der Waals surface area contributed by atoms with Crippen molar-refractivity contribution in [2.45, 2.75) is 58.4 Å². The molecule has 3 heteroatoms. The number of hydrogen-bond donors (Lipinski definition) is 1. The molecule has 0 amide bonds. The first-order chi connectivity index (χ1) is 10.2. The minimum atomic E-state index is 0.288. The SMILES string of the molecule is CCCNC(c1c(Cl)cccc1Cl)C1CCCCC1CC. The second-order valence-corrected chi connectivity index (χ2v) is 7.00. The molecular weight excluding hydrogens is 301 g/mol. The fourth-order valence-electron chi connectivity index (χ4n) is 3.76. The zero-order valence-electron chi connectivity index (χ0n) is 13.2. The molecule has 1 saturated carbocycles. The number of nitrogens with one attached hydrogen (secondary N) is 1. The highest BCUT2D eigenvalue weighted by Gasteiger charge is 2.33. The molecule has 0 aromatic heterocycles. The first-order valence-electron chi connectivity index (χ1n) is 8.36. The van der Waals surface area contributed by atoms with E-state index in [0.717, 1.165) is 34.5 Å². The van der Waals surface area contributed by atoms with Crippen LogP contribution in [-0.2, 0) is 0 Å². The van der Waals surface area contributed by atoms with E-state index >= 15 is 0 Å². The van der Waals surface area contributed by atoms with Gasteiger partial charge in [0.05, 0.1) is 0 Å². The van der Waals surface area contributed by atoms with Crippen molar-refractivity contribution < 1.29 is 0 Å². The smallest absolute Gasteiger partial charge is 0.0468 e. The molecule has 1 fully saturated rings. The Balaban J connectivity index is 2.32. The summed E-state index contributed by atoms with van der Waals surface area (Å²) in [6.07, 6.45) is 7.69. The highest BCUT2D eigenvalue weighted by Crippen LogP contribution is 2.43. The first-order valence-corrected chi connectivity index (χ1v) is 9.11. The van der Waals surface area contributed by atoms with Crippen LogP contribution in [0, 0.1) is 11.8 Å². The zero-order valence-corrected chi connectivity index (χ0v) is 14.7. The minimum absolute atomic E-state index is 0.288. The van der Waals surface area contributed by atoms with Gasteiger partial charge in [-0.3, -0.25) is 0 Å². The van der Waals surface area contributed by atoms with E-state index < -0.39 is 0 Å². The maximum absolute atomic E-state index is 6.49. The average molecular weight is 328 g/mol. The first kappa shape index (κ1) is 17.1. The summed E-state index contributed by atoms with van der Waals surface area (Å²) in [6.45, 7) is 5.53. The van der Waals surface area contributed by atoms with E-state index in [9.17, 15) is 0 Å². The van der Waals surface area contributed by atoms with Gasteiger partial charge in [-0.15, -0.1) is 0 Å². The normalized spacial score (nSPS) is 24.0. The third kappa shape index (κ3) is 4.15. The van der Waals surface area contributed by atoms with Crippen molar-refractivity contribution in [1.29, 1.82) is 0 Å². The maximum Gasteiger partial charge on any atom is 0.0468 e. The molecular formula is C18H27Cl2N. The monoisotopic (exact) mass is 327 g/mol. The van der Waals surface area contributed by atoms with Crippen LogP contribution < -0.4 is 5.32 Å². The topological polar surface area (TPSA) is 12.0 Å². The number of halogens is 2. The molecule has 3 atom stereocenters. The zero-order chi connectivity index (χ0) is 15.2. The standard InChI is InChI=1S/C18H27Cl2N/c1-3-12-21-18(14-9-6-5-8-13(14)4-2)17-15(19)10-7-11-16(17)20/h7,10-11,13-14,18,21H,3-6,8-9,12H2,1-2H3. The lowest BCUT2D eigenvalue weighted by molar-refractivity contribution is 0.175. The van der Waals surface area contributed by atoms with Crippen molar-refractivity contribution >= 4 is 23.2 Å². The van der Waals surface area contributed by atoms with Gasteiger partial charge in [0.2, 0.25) is 0 Å². The number of hydrogen-bond acceptors (Lipinski definition) is 1. The molecule has 0 radical (unpaired) electrons. The summed E-state index contributed by atoms with van der Waals surface area (Å²) < 4.78 is 0. The van der Waals surface area contributed by atoms with Crippen LogP contribution in [0.1, 0.15) is 64.0 Å². The van der Waals surface area contributed by atoms with Crippen LogP contribution in [-0.4, -0.2) is 6.54 Å². The average Bonchev–Trinajstić information content (AvgIpc) is 2.50. The van der Waals surface area contributed by atoms with Gasteiger partial charge in [-0.2, -0.15) is 0 Å². The van der Waals surface area contributed by atoms with E-state index in [0.29, 0.717) is 5.92 Å². The van der Waals surface area contributed by atoms with Crippen LogP contribution in [0.3, 0.4) is 0 Å². The van der Waals surface area contributed by atoms with Crippen molar-refractivity contribution in [3.05, 3.63) is 33.8 Å². The molecule has 1 nitrogen and oxygen atoms in total. The van der Waals surface area contributed by atoms with Gasteiger partial charge in [0.1, 0.15) is 0 Å². The van der Waals surface area contributed by atoms with Crippen molar-refractivity contribution in [3.63, 3.8) is 0 Å². The molecule has 0 spiro atoms. The van der Waals surface area contributed by atoms with Gasteiger partial charge in [0.25, 0.3) is 0 Å². The fraction of sp³-hybridized carbons (Fsp3) is 0.667. The summed E-state index contributed by atoms with van der Waals surface area (Å²) in [5.41, 5.74) is 1.11. The molecule has 1 aromatic rings. The lowest BCUT2D eigenvalue weighted by Gasteiger charge is -2.38. The van der Waals surface area contributed by atoms with Gasteiger partial charge < -0.3 is 5.32 Å². The molecule has 3 unspecified atom stereocenters. The minimum Gasteiger partial charge on any atom is -0.310 e. The van der Waals surface area contributed by atoms with E-state index in [1.54, 1.807) is 0 Å². The Morgan fingerprint density at radius 1 is 1.14 bits per heavy atom. The Hall–Kier alpha value is -0.240. The molecule has 0 aliphatic heterocycles. The van der Waals surface area contributed by atoms with Crippen LogP contribution in [0.15, 0.2) is 18.2 Å². The molecule has 21 heavy (non-hydrogen) atoms. The second-order valence-electron chi connectivity index (χ2n) is 6.18. The van der Waals surface area contributed by atoms with Gasteiger partial charge in [-0.05, 0) is 43.4 Å². The molecule has 2 rings (SSSR count). The van der Waals surface area contributed by atoms with Crippen molar-refractivity contribution in [2.75, 3.05) is 6.54 Å². The highest BCUT2D eigenvalue weighted by molar-refractivity contribution is 6.36. The van der Waals surface area contributed by atoms with E-state index in [1.807, 2.05) is 18.2 Å². The summed E-state index contributed by atoms with van der Waals surface area (Å²) in [6, 6.07) is 6.15. The molecule has 1 N–H and O–H groups in total. The lowest BCUT2D eigenvalue weighted by atomic mass is 9.72. The van der Waals surface area contributed by atoms with Crippen LogP contribution in [0.2, 0.25) is 10.0 Å². The van der Waals surface area contributed by atoms with E-state index in [4.69, 9.17) is 23.2 Å². The molecule has 1 aliphatic rings. The van der Waals surface area contributed by atoms with E-state index in [-0.39, 0.29) is 6.04 Å². The van der Waals surface area contributed by atoms with Gasteiger partial charge in [-0.1, -0.05) is 68.8 Å². The Kier molecular flexibility index (Phi) is 6.85. The number of rotatable bonds is 6. The van der Waals surface area contributed by atoms with E-state index in [1.165, 1.54) is 32.1 Å². The summed E-state index contributed by atoms with van der Waals surface area (Å²) in [7, 11) is 0. The van der Waals surface area contributed by atoms with Gasteiger partial charge in [0.15, 0.2) is 0 Å². The summed E-state index contributed by atoms with van der Waals surface area (Å²) in [5, 5.41) is 5.34. The molecule has 0 saturated heterocycles. The number of benzene rings is 1. The summed E-state index contributed by atoms with van der Waals surface area (Å²) >= 11 is 13.0. The fourth-order valence-corrected chi connectivity index (χ4v) is 4.39. The highest BCUT2D eigenvalue weighted by atomic mass is 35.5. The molecule has 1 aromatic carbocycles. The van der Waals surface area contributed by atoms with Crippen LogP contribution in [0.4, 0.5) is 0 Å². The van der Waals surface area contributed by atoms with Gasteiger partial charge in [-0.25, -0.2) is 0 Å². The van der Waals surface area contributed by atoms with Gasteiger partial charge in [0, 0.05) is 21.7 Å². The Labute approximate surface area is 139 Å². The van der Waals surface area contributed by atoms with Crippen molar-refractivity contribution in [1.82, 2.24) is 5.32 Å². The molecule has 0 bridgehead atoms. The van der Waals surface area contributed by atoms with Crippen LogP contribution in [0.25, 0.3) is 0 Å². The maximum atomic E-state index is 6.49. The predicted octanol–water partition coefficient (Wildman–Crippen LogP) is 6.25. The van der Waals surface area contributed by atoms with Gasteiger partial charge >= 0.3 is 0 Å². The van der Waals surface area contributed by atoms with Crippen LogP contribution >= 0.6 is 23.2 Å². The van der Waals surface area contributed by atoms with Crippen LogP contribution in [0.5, 0.6) is 0 Å². The quantitative estimate of drug-likeness (QED) is 0.651. The predicted molar refractivity (Wildman–Crippen MR) is 93.2 cm³/mol. The van der Waals surface area contributed by atoms with Crippen molar-refractivity contribution in [3.8, 4) is 0 Å². The lowest BCUT2D eigenvalue weighted by Crippen LogP contribution is -2.35. The summed E-state index contributed by atoms with van der Waals surface area (Å²) in [5.74, 6) is 1.42. The molecule has 1 aliphatic carbocycles. The summed E-state index contributed by atoms with van der Waals surface area (Å²) in [4.78, 5) is 0. The Morgan fingerprint density at radius 2 is 1.81 bits per heavy atom. The Morgan fingerprint density at radius 3 is 2.43 bits per heavy atom.